The van der Waals surface area contributed by atoms with E-state index in [2.05, 4.69) is 25.1 Å². The van der Waals surface area contributed by atoms with Crippen LogP contribution in [0, 0.1) is 0 Å². The van der Waals surface area contributed by atoms with Crippen molar-refractivity contribution in [2.75, 3.05) is 13.2 Å². The van der Waals surface area contributed by atoms with E-state index in [9.17, 15) is 0 Å². The second kappa shape index (κ2) is 8.31. The van der Waals surface area contributed by atoms with E-state index in [1.165, 1.54) is 49.7 Å². The number of aryl methyl sites for hydroxylation is 1. The van der Waals surface area contributed by atoms with Crippen molar-refractivity contribution in [1.82, 2.24) is 0 Å². The zero-order valence-electron chi connectivity index (χ0n) is 12.7. The molecule has 0 spiro atoms. The fourth-order valence-corrected chi connectivity index (χ4v) is 3.23. The molecule has 0 aliphatic heterocycles. The third-order valence-corrected chi connectivity index (χ3v) is 4.28. The largest absolute Gasteiger partial charge is 0.491 e. The molecule has 0 unspecified atom stereocenters. The lowest BCUT2D eigenvalue weighted by molar-refractivity contribution is 0.200. The Morgan fingerprint density at radius 3 is 2.55 bits per heavy atom. The third kappa shape index (κ3) is 4.24. The Morgan fingerprint density at radius 1 is 1.15 bits per heavy atom. The van der Waals surface area contributed by atoms with Gasteiger partial charge in [-0.3, -0.25) is 0 Å². The minimum Gasteiger partial charge on any atom is -0.491 e. The summed E-state index contributed by atoms with van der Waals surface area (Å²) in [6, 6.07) is 6.70. The molecule has 0 saturated heterocycles. The summed E-state index contributed by atoms with van der Waals surface area (Å²) in [6.07, 6.45) is 10.4. The van der Waals surface area contributed by atoms with Crippen molar-refractivity contribution in [3.63, 3.8) is 0 Å². The summed E-state index contributed by atoms with van der Waals surface area (Å²) in [5.41, 5.74) is 2.80. The highest BCUT2D eigenvalue weighted by Gasteiger charge is 2.16. The number of hydrogen-bond acceptors (Lipinski definition) is 2. The molecule has 20 heavy (non-hydrogen) atoms. The minimum absolute atomic E-state index is 0.0793. The van der Waals surface area contributed by atoms with Crippen molar-refractivity contribution < 1.29 is 9.84 Å². The Balaban J connectivity index is 2.14. The molecule has 2 rings (SSSR count). The van der Waals surface area contributed by atoms with Crippen LogP contribution in [0.4, 0.5) is 0 Å². The average Bonchev–Trinajstić information content (AvgIpc) is 2.75. The Morgan fingerprint density at radius 2 is 1.90 bits per heavy atom. The summed E-state index contributed by atoms with van der Waals surface area (Å²) in [4.78, 5) is 0. The van der Waals surface area contributed by atoms with Crippen molar-refractivity contribution in [3.8, 4) is 5.75 Å². The van der Waals surface area contributed by atoms with Crippen LogP contribution in [0.1, 0.15) is 68.9 Å². The number of ether oxygens (including phenoxy) is 1. The number of rotatable bonds is 6. The summed E-state index contributed by atoms with van der Waals surface area (Å²) < 4.78 is 5.66. The average molecular weight is 276 g/mol. The first-order valence-corrected chi connectivity index (χ1v) is 8.21. The second-order valence-corrected chi connectivity index (χ2v) is 5.88. The van der Waals surface area contributed by atoms with E-state index in [0.717, 1.165) is 24.5 Å². The molecule has 112 valence electrons. The lowest BCUT2D eigenvalue weighted by Crippen LogP contribution is -2.05. The van der Waals surface area contributed by atoms with Crippen LogP contribution in [0.2, 0.25) is 0 Å². The SMILES string of the molecule is CCCc1cc(C2CCCCCC2)ccc1OCCO. The topological polar surface area (TPSA) is 29.5 Å². The second-order valence-electron chi connectivity index (χ2n) is 5.88. The van der Waals surface area contributed by atoms with Crippen molar-refractivity contribution in [2.24, 2.45) is 0 Å². The number of hydrogen-bond donors (Lipinski definition) is 1. The molecule has 2 heteroatoms. The molecule has 2 nitrogen and oxygen atoms in total. The monoisotopic (exact) mass is 276 g/mol. The lowest BCUT2D eigenvalue weighted by atomic mass is 9.90. The molecule has 0 amide bonds. The number of aliphatic hydroxyl groups excluding tert-OH is 1. The Bertz CT molecular complexity index is 392. The highest BCUT2D eigenvalue weighted by atomic mass is 16.5. The van der Waals surface area contributed by atoms with Crippen molar-refractivity contribution in [3.05, 3.63) is 29.3 Å². The van der Waals surface area contributed by atoms with Gasteiger partial charge in [-0.2, -0.15) is 0 Å². The summed E-state index contributed by atoms with van der Waals surface area (Å²) in [5.74, 6) is 1.69. The highest BCUT2D eigenvalue weighted by Crippen LogP contribution is 2.34. The maximum Gasteiger partial charge on any atom is 0.122 e. The fourth-order valence-electron chi connectivity index (χ4n) is 3.23. The van der Waals surface area contributed by atoms with Gasteiger partial charge in [-0.05, 0) is 42.4 Å². The molecule has 1 N–H and O–H groups in total. The van der Waals surface area contributed by atoms with Gasteiger partial charge in [-0.25, -0.2) is 0 Å². The molecule has 0 atom stereocenters. The first-order chi connectivity index (χ1) is 9.85. The van der Waals surface area contributed by atoms with Gasteiger partial charge in [-0.1, -0.05) is 51.2 Å². The van der Waals surface area contributed by atoms with Gasteiger partial charge in [-0.15, -0.1) is 0 Å². The summed E-state index contributed by atoms with van der Waals surface area (Å²) in [5, 5.41) is 8.91. The van der Waals surface area contributed by atoms with Crippen LogP contribution in [0.3, 0.4) is 0 Å². The number of aliphatic hydroxyl groups is 1. The molecular weight excluding hydrogens is 248 g/mol. The molecule has 1 aliphatic carbocycles. The number of benzene rings is 1. The normalized spacial score (nSPS) is 16.9. The van der Waals surface area contributed by atoms with E-state index in [-0.39, 0.29) is 6.61 Å². The third-order valence-electron chi connectivity index (χ3n) is 4.28. The maximum absolute atomic E-state index is 8.91. The molecular formula is C18H28O2. The molecule has 1 fully saturated rings. The quantitative estimate of drug-likeness (QED) is 0.778. The molecule has 1 aromatic rings. The predicted octanol–water partition coefficient (Wildman–Crippen LogP) is 4.45. The van der Waals surface area contributed by atoms with Crippen LogP contribution in [-0.4, -0.2) is 18.3 Å². The fraction of sp³-hybridized carbons (Fsp3) is 0.667. The van der Waals surface area contributed by atoms with Crippen LogP contribution in [-0.2, 0) is 6.42 Å². The predicted molar refractivity (Wildman–Crippen MR) is 83.5 cm³/mol. The van der Waals surface area contributed by atoms with E-state index in [1.807, 2.05) is 0 Å². The van der Waals surface area contributed by atoms with Gasteiger partial charge in [0, 0.05) is 0 Å². The van der Waals surface area contributed by atoms with E-state index in [0.29, 0.717) is 6.61 Å². The molecule has 0 aromatic heterocycles. The Kier molecular flexibility index (Phi) is 6.38. The van der Waals surface area contributed by atoms with Crippen LogP contribution in [0.15, 0.2) is 18.2 Å². The van der Waals surface area contributed by atoms with Crippen molar-refractivity contribution in [1.29, 1.82) is 0 Å². The van der Waals surface area contributed by atoms with Gasteiger partial charge >= 0.3 is 0 Å². The molecule has 0 bridgehead atoms. The molecule has 1 aliphatic rings. The van der Waals surface area contributed by atoms with Crippen LogP contribution in [0.25, 0.3) is 0 Å². The highest BCUT2D eigenvalue weighted by molar-refractivity contribution is 5.39. The van der Waals surface area contributed by atoms with Crippen LogP contribution in [0.5, 0.6) is 5.75 Å². The van der Waals surface area contributed by atoms with Gasteiger partial charge < -0.3 is 9.84 Å². The smallest absolute Gasteiger partial charge is 0.122 e. The van der Waals surface area contributed by atoms with Crippen LogP contribution < -0.4 is 4.74 Å². The Labute approximate surface area is 123 Å². The van der Waals surface area contributed by atoms with Gasteiger partial charge in [0.25, 0.3) is 0 Å². The van der Waals surface area contributed by atoms with Crippen molar-refractivity contribution in [2.45, 2.75) is 64.2 Å². The minimum atomic E-state index is 0.0793. The maximum atomic E-state index is 8.91. The standard InChI is InChI=1S/C18H28O2/c1-2-7-17-14-16(10-11-18(17)20-13-12-19)15-8-5-3-4-6-9-15/h10-11,14-15,19H,2-9,12-13H2,1H3. The first kappa shape index (κ1) is 15.4. The molecule has 0 radical (unpaired) electrons. The summed E-state index contributed by atoms with van der Waals surface area (Å²) in [6.45, 7) is 2.67. The van der Waals surface area contributed by atoms with Gasteiger partial charge in [0.1, 0.15) is 12.4 Å². The zero-order valence-corrected chi connectivity index (χ0v) is 12.7. The van der Waals surface area contributed by atoms with Crippen molar-refractivity contribution >= 4 is 0 Å². The van der Waals surface area contributed by atoms with Crippen LogP contribution >= 0.6 is 0 Å². The lowest BCUT2D eigenvalue weighted by Gasteiger charge is -2.18. The zero-order chi connectivity index (χ0) is 14.2. The summed E-state index contributed by atoms with van der Waals surface area (Å²) >= 11 is 0. The summed E-state index contributed by atoms with van der Waals surface area (Å²) in [7, 11) is 0. The first-order valence-electron chi connectivity index (χ1n) is 8.21. The van der Waals surface area contributed by atoms with Gasteiger partial charge in [0.15, 0.2) is 0 Å². The molecule has 0 heterocycles. The van der Waals surface area contributed by atoms with E-state index in [4.69, 9.17) is 9.84 Å². The van der Waals surface area contributed by atoms with E-state index < -0.39 is 0 Å². The van der Waals surface area contributed by atoms with E-state index >= 15 is 0 Å². The van der Waals surface area contributed by atoms with Gasteiger partial charge in [0.2, 0.25) is 0 Å². The molecule has 1 saturated carbocycles. The Hall–Kier alpha value is -1.02. The van der Waals surface area contributed by atoms with Gasteiger partial charge in [0.05, 0.1) is 6.61 Å². The van der Waals surface area contributed by atoms with E-state index in [1.54, 1.807) is 0 Å². The molecule has 1 aromatic carbocycles.